The Balaban J connectivity index is 2.63. The number of nitrogens with zero attached hydrogens (tertiary/aromatic N) is 1. The molecular formula is C10H17NO4. The van der Waals surface area contributed by atoms with Crippen molar-refractivity contribution >= 4 is 11.9 Å². The highest BCUT2D eigenvalue weighted by Gasteiger charge is 2.31. The summed E-state index contributed by atoms with van der Waals surface area (Å²) in [5, 5.41) is 18.2. The number of carbonyl (C=O) groups excluding carboxylic acids is 1. The highest BCUT2D eigenvalue weighted by atomic mass is 16.4. The number of carboxylic acid groups (broad SMARTS) is 1. The monoisotopic (exact) mass is 215 g/mol. The highest BCUT2D eigenvalue weighted by Crippen LogP contribution is 2.18. The average molecular weight is 215 g/mol. The third-order valence-electron chi connectivity index (χ3n) is 2.69. The van der Waals surface area contributed by atoms with Crippen molar-refractivity contribution in [2.75, 3.05) is 13.1 Å². The molecule has 1 rings (SSSR count). The van der Waals surface area contributed by atoms with Gasteiger partial charge in [-0.2, -0.15) is 0 Å². The van der Waals surface area contributed by atoms with Crippen LogP contribution >= 0.6 is 0 Å². The van der Waals surface area contributed by atoms with Crippen LogP contribution in [0, 0.1) is 11.8 Å². The number of piperidine rings is 1. The third-order valence-corrected chi connectivity index (χ3v) is 2.69. The third kappa shape index (κ3) is 2.92. The molecule has 3 unspecified atom stereocenters. The van der Waals surface area contributed by atoms with E-state index in [1.807, 2.05) is 6.92 Å². The molecule has 1 aliphatic heterocycles. The van der Waals surface area contributed by atoms with Gasteiger partial charge in [-0.25, -0.2) is 0 Å². The zero-order chi connectivity index (χ0) is 11.6. The Kier molecular flexibility index (Phi) is 3.68. The molecule has 0 aliphatic carbocycles. The Labute approximate surface area is 88.7 Å². The smallest absolute Gasteiger partial charge is 0.315 e. The zero-order valence-electron chi connectivity index (χ0n) is 9.01. The van der Waals surface area contributed by atoms with Crippen molar-refractivity contribution in [3.8, 4) is 0 Å². The molecule has 0 saturated carbocycles. The molecule has 1 saturated heterocycles. The number of likely N-dealkylation sites (tertiary alicyclic amines) is 1. The van der Waals surface area contributed by atoms with Gasteiger partial charge < -0.3 is 15.1 Å². The molecule has 1 aliphatic rings. The molecule has 1 fully saturated rings. The lowest BCUT2D eigenvalue weighted by molar-refractivity contribution is -0.152. The van der Waals surface area contributed by atoms with E-state index in [9.17, 15) is 14.7 Å². The van der Waals surface area contributed by atoms with Gasteiger partial charge in [0.1, 0.15) is 5.92 Å². The number of rotatable bonds is 2. The van der Waals surface area contributed by atoms with Crippen molar-refractivity contribution in [2.24, 2.45) is 11.8 Å². The summed E-state index contributed by atoms with van der Waals surface area (Å²) in [6.45, 7) is 4.10. The summed E-state index contributed by atoms with van der Waals surface area (Å²) in [4.78, 5) is 23.7. The predicted molar refractivity (Wildman–Crippen MR) is 53.2 cm³/mol. The van der Waals surface area contributed by atoms with Crippen molar-refractivity contribution in [2.45, 2.75) is 26.4 Å². The Hall–Kier alpha value is -1.10. The minimum absolute atomic E-state index is 0.221. The van der Waals surface area contributed by atoms with Gasteiger partial charge in [0.05, 0.1) is 6.10 Å². The standard InChI is InChI=1S/C10H17NO4/c1-6-3-8(12)5-11(4-6)9(13)7(2)10(14)15/h6-8,12H,3-5H2,1-2H3,(H,14,15). The van der Waals surface area contributed by atoms with Crippen molar-refractivity contribution in [1.29, 1.82) is 0 Å². The Morgan fingerprint density at radius 3 is 2.47 bits per heavy atom. The van der Waals surface area contributed by atoms with E-state index >= 15 is 0 Å². The van der Waals surface area contributed by atoms with Crippen LogP contribution in [0.25, 0.3) is 0 Å². The lowest BCUT2D eigenvalue weighted by Gasteiger charge is -2.35. The van der Waals surface area contributed by atoms with E-state index in [4.69, 9.17) is 5.11 Å². The van der Waals surface area contributed by atoms with E-state index in [1.165, 1.54) is 11.8 Å². The number of hydrogen-bond acceptors (Lipinski definition) is 3. The summed E-state index contributed by atoms with van der Waals surface area (Å²) in [6, 6.07) is 0. The van der Waals surface area contributed by atoms with Gasteiger partial charge in [0.25, 0.3) is 0 Å². The van der Waals surface area contributed by atoms with E-state index < -0.39 is 23.9 Å². The number of aliphatic carboxylic acids is 1. The molecule has 0 aromatic carbocycles. The molecule has 15 heavy (non-hydrogen) atoms. The molecule has 0 aromatic heterocycles. The van der Waals surface area contributed by atoms with Crippen LogP contribution in [0.2, 0.25) is 0 Å². The Bertz CT molecular complexity index is 256. The van der Waals surface area contributed by atoms with Crippen LogP contribution in [0.4, 0.5) is 0 Å². The van der Waals surface area contributed by atoms with E-state index in [2.05, 4.69) is 0 Å². The van der Waals surface area contributed by atoms with Gasteiger partial charge in [0.15, 0.2) is 0 Å². The maximum Gasteiger partial charge on any atom is 0.315 e. The molecule has 0 aromatic rings. The normalized spacial score (nSPS) is 28.6. The van der Waals surface area contributed by atoms with E-state index in [0.29, 0.717) is 13.0 Å². The number of amides is 1. The van der Waals surface area contributed by atoms with E-state index in [1.54, 1.807) is 0 Å². The second kappa shape index (κ2) is 4.61. The first-order valence-corrected chi connectivity index (χ1v) is 5.11. The van der Waals surface area contributed by atoms with Crippen LogP contribution in [-0.2, 0) is 9.59 Å². The molecule has 3 atom stereocenters. The highest BCUT2D eigenvalue weighted by molar-refractivity contribution is 5.96. The number of carbonyl (C=O) groups is 2. The summed E-state index contributed by atoms with van der Waals surface area (Å²) in [7, 11) is 0. The summed E-state index contributed by atoms with van der Waals surface area (Å²) in [6.07, 6.45) is 0.143. The maximum atomic E-state index is 11.7. The van der Waals surface area contributed by atoms with Crippen LogP contribution in [-0.4, -0.2) is 46.2 Å². The molecule has 1 amide bonds. The number of carboxylic acids is 1. The topological polar surface area (TPSA) is 77.8 Å². The molecule has 2 N–H and O–H groups in total. The molecule has 5 heteroatoms. The fourth-order valence-corrected chi connectivity index (χ4v) is 1.88. The second-order valence-corrected chi connectivity index (χ2v) is 4.30. The SMILES string of the molecule is CC1CC(O)CN(C(=O)C(C)C(=O)O)C1. The predicted octanol–water partition coefficient (Wildman–Crippen LogP) is -0.0636. The maximum absolute atomic E-state index is 11.7. The van der Waals surface area contributed by atoms with Gasteiger partial charge in [-0.15, -0.1) is 0 Å². The van der Waals surface area contributed by atoms with Crippen LogP contribution in [0.5, 0.6) is 0 Å². The van der Waals surface area contributed by atoms with Gasteiger partial charge in [0.2, 0.25) is 5.91 Å². The summed E-state index contributed by atoms with van der Waals surface area (Å²) >= 11 is 0. The van der Waals surface area contributed by atoms with Gasteiger partial charge in [0, 0.05) is 13.1 Å². The summed E-state index contributed by atoms with van der Waals surface area (Å²) in [5.41, 5.74) is 0. The van der Waals surface area contributed by atoms with E-state index in [0.717, 1.165) is 0 Å². The fourth-order valence-electron chi connectivity index (χ4n) is 1.88. The molecule has 0 spiro atoms. The molecular weight excluding hydrogens is 198 g/mol. The minimum Gasteiger partial charge on any atom is -0.481 e. The van der Waals surface area contributed by atoms with Crippen molar-refractivity contribution in [3.05, 3.63) is 0 Å². The van der Waals surface area contributed by atoms with Crippen molar-refractivity contribution in [1.82, 2.24) is 4.90 Å². The second-order valence-electron chi connectivity index (χ2n) is 4.30. The molecule has 0 radical (unpaired) electrons. The van der Waals surface area contributed by atoms with Crippen molar-refractivity contribution in [3.63, 3.8) is 0 Å². The molecule has 0 bridgehead atoms. The van der Waals surface area contributed by atoms with Crippen LogP contribution in [0.3, 0.4) is 0 Å². The van der Waals surface area contributed by atoms with Gasteiger partial charge in [-0.1, -0.05) is 6.92 Å². The first kappa shape index (κ1) is 12.0. The number of aliphatic hydroxyl groups is 1. The number of aliphatic hydroxyl groups excluding tert-OH is 1. The average Bonchev–Trinajstić information content (AvgIpc) is 2.13. The number of hydrogen-bond donors (Lipinski definition) is 2. The van der Waals surface area contributed by atoms with Gasteiger partial charge in [-0.3, -0.25) is 9.59 Å². The fraction of sp³-hybridized carbons (Fsp3) is 0.800. The molecule has 1 heterocycles. The summed E-state index contributed by atoms with van der Waals surface area (Å²) in [5.74, 6) is -2.33. The quantitative estimate of drug-likeness (QED) is 0.632. The molecule has 86 valence electrons. The molecule has 5 nitrogen and oxygen atoms in total. The Morgan fingerprint density at radius 1 is 1.40 bits per heavy atom. The zero-order valence-corrected chi connectivity index (χ0v) is 9.01. The lowest BCUT2D eigenvalue weighted by Crippen LogP contribution is -2.48. The summed E-state index contributed by atoms with van der Waals surface area (Å²) < 4.78 is 0. The van der Waals surface area contributed by atoms with Crippen LogP contribution in [0.1, 0.15) is 20.3 Å². The minimum atomic E-state index is -1.12. The van der Waals surface area contributed by atoms with Crippen molar-refractivity contribution < 1.29 is 19.8 Å². The largest absolute Gasteiger partial charge is 0.481 e. The number of β-amino-alcohol motifs (C(OH)–C–C–N with tert-alkyl or cyclic N) is 1. The van der Waals surface area contributed by atoms with Gasteiger partial charge >= 0.3 is 5.97 Å². The lowest BCUT2D eigenvalue weighted by atomic mass is 9.96. The first-order chi connectivity index (χ1) is 6.91. The van der Waals surface area contributed by atoms with E-state index in [-0.39, 0.29) is 12.5 Å². The van der Waals surface area contributed by atoms with Crippen LogP contribution in [0.15, 0.2) is 0 Å². The Morgan fingerprint density at radius 2 is 2.00 bits per heavy atom. The van der Waals surface area contributed by atoms with Gasteiger partial charge in [-0.05, 0) is 19.3 Å². The van der Waals surface area contributed by atoms with Crippen LogP contribution < -0.4 is 0 Å². The first-order valence-electron chi connectivity index (χ1n) is 5.11.